The summed E-state index contributed by atoms with van der Waals surface area (Å²) in [7, 11) is 0. The van der Waals surface area contributed by atoms with Gasteiger partial charge in [0, 0.05) is 28.3 Å². The number of aromatic nitrogens is 1. The van der Waals surface area contributed by atoms with E-state index in [-0.39, 0.29) is 0 Å². The first-order valence-electron chi connectivity index (χ1n) is 5.51. The van der Waals surface area contributed by atoms with Crippen molar-refractivity contribution in [1.82, 2.24) is 4.98 Å². The molecule has 2 rings (SSSR count). The number of hydrogen-bond donors (Lipinski definition) is 1. The molecule has 0 bridgehead atoms. The van der Waals surface area contributed by atoms with E-state index in [1.54, 1.807) is 6.20 Å². The predicted octanol–water partition coefficient (Wildman–Crippen LogP) is 3.43. The minimum absolute atomic E-state index is 0.495. The van der Waals surface area contributed by atoms with Crippen LogP contribution in [0.25, 0.3) is 0 Å². The van der Waals surface area contributed by atoms with E-state index in [9.17, 15) is 5.11 Å². The van der Waals surface area contributed by atoms with Gasteiger partial charge in [-0.1, -0.05) is 34.1 Å². The third-order valence-corrected chi connectivity index (χ3v) is 3.28. The zero-order valence-corrected chi connectivity index (χ0v) is 11.2. The number of aliphatic hydroxyl groups excluding tert-OH is 1. The third kappa shape index (κ3) is 3.14. The Morgan fingerprint density at radius 2 is 1.94 bits per heavy atom. The SMILES string of the molecule is Cc1ncccc1C(O)Cc1ccc(Br)cc1. The Labute approximate surface area is 109 Å². The van der Waals surface area contributed by atoms with Crippen LogP contribution in [0.2, 0.25) is 0 Å². The van der Waals surface area contributed by atoms with Gasteiger partial charge in [0.25, 0.3) is 0 Å². The summed E-state index contributed by atoms with van der Waals surface area (Å²) in [6.45, 7) is 1.92. The molecule has 0 amide bonds. The Morgan fingerprint density at radius 3 is 2.59 bits per heavy atom. The van der Waals surface area contributed by atoms with Crippen LogP contribution in [0.4, 0.5) is 0 Å². The average molecular weight is 292 g/mol. The zero-order valence-electron chi connectivity index (χ0n) is 9.60. The van der Waals surface area contributed by atoms with Gasteiger partial charge in [0.2, 0.25) is 0 Å². The highest BCUT2D eigenvalue weighted by Gasteiger charge is 2.11. The van der Waals surface area contributed by atoms with E-state index in [0.29, 0.717) is 6.42 Å². The number of halogens is 1. The lowest BCUT2D eigenvalue weighted by Gasteiger charge is -2.12. The molecule has 1 unspecified atom stereocenters. The van der Waals surface area contributed by atoms with Crippen LogP contribution in [0.15, 0.2) is 47.1 Å². The van der Waals surface area contributed by atoms with Crippen molar-refractivity contribution < 1.29 is 5.11 Å². The van der Waals surface area contributed by atoms with Crippen molar-refractivity contribution in [2.24, 2.45) is 0 Å². The Balaban J connectivity index is 2.14. The van der Waals surface area contributed by atoms with Gasteiger partial charge in [-0.2, -0.15) is 0 Å². The molecule has 0 fully saturated rings. The molecule has 0 aliphatic heterocycles. The molecule has 1 atom stereocenters. The van der Waals surface area contributed by atoms with Crippen LogP contribution in [0.1, 0.15) is 22.9 Å². The van der Waals surface area contributed by atoms with Crippen LogP contribution in [-0.2, 0) is 6.42 Å². The van der Waals surface area contributed by atoms with Crippen molar-refractivity contribution in [2.45, 2.75) is 19.4 Å². The van der Waals surface area contributed by atoms with Crippen LogP contribution in [0, 0.1) is 6.92 Å². The molecule has 0 aliphatic rings. The van der Waals surface area contributed by atoms with Crippen LogP contribution in [0.3, 0.4) is 0 Å². The van der Waals surface area contributed by atoms with E-state index >= 15 is 0 Å². The molecule has 1 aromatic carbocycles. The standard InChI is InChI=1S/C14H14BrNO/c1-10-13(3-2-8-16-10)14(17)9-11-4-6-12(15)7-5-11/h2-8,14,17H,9H2,1H3. The Hall–Kier alpha value is -1.19. The fourth-order valence-electron chi connectivity index (χ4n) is 1.80. The number of aryl methyl sites for hydroxylation is 1. The molecular formula is C14H14BrNO. The van der Waals surface area contributed by atoms with Gasteiger partial charge in [-0.05, 0) is 30.7 Å². The van der Waals surface area contributed by atoms with E-state index in [1.165, 1.54) is 0 Å². The van der Waals surface area contributed by atoms with Gasteiger partial charge < -0.3 is 5.11 Å². The molecule has 0 radical (unpaired) electrons. The Morgan fingerprint density at radius 1 is 1.24 bits per heavy atom. The fourth-order valence-corrected chi connectivity index (χ4v) is 2.07. The van der Waals surface area contributed by atoms with Crippen molar-refractivity contribution in [2.75, 3.05) is 0 Å². The highest BCUT2D eigenvalue weighted by molar-refractivity contribution is 9.10. The van der Waals surface area contributed by atoms with Crippen molar-refractivity contribution in [3.8, 4) is 0 Å². The maximum Gasteiger partial charge on any atom is 0.0847 e. The van der Waals surface area contributed by atoms with E-state index in [2.05, 4.69) is 20.9 Å². The third-order valence-electron chi connectivity index (χ3n) is 2.75. The maximum absolute atomic E-state index is 10.2. The normalized spacial score (nSPS) is 12.4. The first-order valence-corrected chi connectivity index (χ1v) is 6.30. The van der Waals surface area contributed by atoms with Crippen LogP contribution >= 0.6 is 15.9 Å². The second kappa shape index (κ2) is 5.43. The van der Waals surface area contributed by atoms with E-state index in [0.717, 1.165) is 21.3 Å². The van der Waals surface area contributed by atoms with E-state index < -0.39 is 6.10 Å². The maximum atomic E-state index is 10.2. The summed E-state index contributed by atoms with van der Waals surface area (Å²) in [4.78, 5) is 4.19. The van der Waals surface area contributed by atoms with Gasteiger partial charge in [-0.15, -0.1) is 0 Å². The lowest BCUT2D eigenvalue weighted by atomic mass is 10.0. The molecule has 2 aromatic rings. The molecule has 0 saturated carbocycles. The van der Waals surface area contributed by atoms with Crippen LogP contribution < -0.4 is 0 Å². The lowest BCUT2D eigenvalue weighted by molar-refractivity contribution is 0.177. The zero-order chi connectivity index (χ0) is 12.3. The number of pyridine rings is 1. The highest BCUT2D eigenvalue weighted by Crippen LogP contribution is 2.21. The van der Waals surface area contributed by atoms with Gasteiger partial charge in [0.05, 0.1) is 6.10 Å². The quantitative estimate of drug-likeness (QED) is 0.940. The molecule has 88 valence electrons. The van der Waals surface area contributed by atoms with Crippen LogP contribution in [0.5, 0.6) is 0 Å². The van der Waals surface area contributed by atoms with Gasteiger partial charge in [-0.25, -0.2) is 0 Å². The number of aliphatic hydroxyl groups is 1. The summed E-state index contributed by atoms with van der Waals surface area (Å²) in [5, 5.41) is 10.2. The fraction of sp³-hybridized carbons (Fsp3) is 0.214. The monoisotopic (exact) mass is 291 g/mol. The molecule has 0 aliphatic carbocycles. The topological polar surface area (TPSA) is 33.1 Å². The summed E-state index contributed by atoms with van der Waals surface area (Å²) in [6.07, 6.45) is 1.86. The number of nitrogens with zero attached hydrogens (tertiary/aromatic N) is 1. The molecular weight excluding hydrogens is 278 g/mol. The van der Waals surface area contributed by atoms with Gasteiger partial charge in [0.15, 0.2) is 0 Å². The van der Waals surface area contributed by atoms with Crippen molar-refractivity contribution in [3.63, 3.8) is 0 Å². The molecule has 3 heteroatoms. The number of hydrogen-bond acceptors (Lipinski definition) is 2. The second-order valence-corrected chi connectivity index (χ2v) is 4.94. The summed E-state index contributed by atoms with van der Waals surface area (Å²) in [6, 6.07) is 11.8. The summed E-state index contributed by atoms with van der Waals surface area (Å²) >= 11 is 3.40. The second-order valence-electron chi connectivity index (χ2n) is 4.02. The summed E-state index contributed by atoms with van der Waals surface area (Å²) in [5.41, 5.74) is 2.90. The first-order chi connectivity index (χ1) is 8.16. The minimum Gasteiger partial charge on any atom is -0.388 e. The number of rotatable bonds is 3. The van der Waals surface area contributed by atoms with Crippen molar-refractivity contribution >= 4 is 15.9 Å². The largest absolute Gasteiger partial charge is 0.388 e. The summed E-state index contributed by atoms with van der Waals surface area (Å²) < 4.78 is 1.05. The van der Waals surface area contributed by atoms with Crippen LogP contribution in [-0.4, -0.2) is 10.1 Å². The molecule has 17 heavy (non-hydrogen) atoms. The molecule has 2 nitrogen and oxygen atoms in total. The Kier molecular flexibility index (Phi) is 3.92. The molecule has 1 heterocycles. The smallest absolute Gasteiger partial charge is 0.0847 e. The minimum atomic E-state index is -0.495. The molecule has 0 saturated heterocycles. The Bertz CT molecular complexity index is 496. The van der Waals surface area contributed by atoms with Crippen molar-refractivity contribution in [1.29, 1.82) is 0 Å². The first kappa shape index (κ1) is 12.3. The van der Waals surface area contributed by atoms with Gasteiger partial charge >= 0.3 is 0 Å². The molecule has 0 spiro atoms. The van der Waals surface area contributed by atoms with Gasteiger partial charge in [-0.3, -0.25) is 4.98 Å². The number of benzene rings is 1. The van der Waals surface area contributed by atoms with Gasteiger partial charge in [0.1, 0.15) is 0 Å². The van der Waals surface area contributed by atoms with E-state index in [4.69, 9.17) is 0 Å². The summed E-state index contributed by atoms with van der Waals surface area (Å²) in [5.74, 6) is 0. The predicted molar refractivity (Wildman–Crippen MR) is 71.8 cm³/mol. The van der Waals surface area contributed by atoms with E-state index in [1.807, 2.05) is 43.3 Å². The molecule has 1 N–H and O–H groups in total. The van der Waals surface area contributed by atoms with Crippen molar-refractivity contribution in [3.05, 3.63) is 63.9 Å². The average Bonchev–Trinajstić information content (AvgIpc) is 2.32. The molecule has 1 aromatic heterocycles. The highest BCUT2D eigenvalue weighted by atomic mass is 79.9. The lowest BCUT2D eigenvalue weighted by Crippen LogP contribution is -2.04.